The molecule has 0 bridgehead atoms. The van der Waals surface area contributed by atoms with Gasteiger partial charge in [-0.1, -0.05) is 26.2 Å². The molecular weight excluding hydrogens is 226 g/mol. The van der Waals surface area contributed by atoms with Gasteiger partial charge in [-0.2, -0.15) is 5.10 Å². The molecule has 0 aliphatic heterocycles. The molecule has 0 fully saturated rings. The molecule has 98 valence electrons. The third kappa shape index (κ3) is 5.57. The van der Waals surface area contributed by atoms with E-state index in [2.05, 4.69) is 17.5 Å². The lowest BCUT2D eigenvalue weighted by atomic mass is 10.2. The zero-order valence-electron chi connectivity index (χ0n) is 11.2. The topological polar surface area (TPSA) is 45.3 Å². The minimum absolute atomic E-state index is 0.170. The first-order valence-electron chi connectivity index (χ1n) is 6.51. The van der Waals surface area contributed by atoms with Crippen molar-refractivity contribution in [2.75, 3.05) is 0 Å². The van der Waals surface area contributed by atoms with Gasteiger partial charge in [0.15, 0.2) is 12.4 Å². The molecule has 0 saturated carbocycles. The summed E-state index contributed by atoms with van der Waals surface area (Å²) in [6.07, 6.45) is 11.2. The third-order valence-electron chi connectivity index (χ3n) is 2.65. The van der Waals surface area contributed by atoms with Gasteiger partial charge in [0.05, 0.1) is 0 Å². The molecule has 0 aliphatic carbocycles. The lowest BCUT2D eigenvalue weighted by molar-refractivity contribution is -0.671. The van der Waals surface area contributed by atoms with Gasteiger partial charge in [-0.3, -0.25) is 4.79 Å². The molecule has 0 aliphatic rings. The van der Waals surface area contributed by atoms with Gasteiger partial charge in [-0.15, -0.1) is 0 Å². The van der Waals surface area contributed by atoms with Crippen molar-refractivity contribution in [3.8, 4) is 0 Å². The zero-order chi connectivity index (χ0) is 13.2. The summed E-state index contributed by atoms with van der Waals surface area (Å²) >= 11 is 0. The van der Waals surface area contributed by atoms with Crippen LogP contribution in [0.3, 0.4) is 0 Å². The first kappa shape index (κ1) is 14.4. The first-order valence-corrected chi connectivity index (χ1v) is 6.51. The van der Waals surface area contributed by atoms with Gasteiger partial charge < -0.3 is 0 Å². The average molecular weight is 248 g/mol. The summed E-state index contributed by atoms with van der Waals surface area (Å²) in [7, 11) is 1.88. The van der Waals surface area contributed by atoms with E-state index in [1.54, 1.807) is 18.5 Å². The van der Waals surface area contributed by atoms with Crippen molar-refractivity contribution in [2.24, 2.45) is 12.1 Å². The fourth-order valence-electron chi connectivity index (χ4n) is 1.62. The Morgan fingerprint density at radius 1 is 1.44 bits per heavy atom. The standard InChI is InChI=1S/C14H21N3O/c1-3-4-5-6-7-10-15-16-14(18)13-9-8-11-17(2)12-13/h8-12H,3-7H2,1-2H3/p+1/b15-10+. The van der Waals surface area contributed by atoms with Crippen molar-refractivity contribution < 1.29 is 9.36 Å². The Bertz CT molecular complexity index is 402. The van der Waals surface area contributed by atoms with Crippen LogP contribution in [0.25, 0.3) is 0 Å². The molecule has 1 N–H and O–H groups in total. The molecule has 4 nitrogen and oxygen atoms in total. The van der Waals surface area contributed by atoms with Crippen LogP contribution in [-0.2, 0) is 7.05 Å². The van der Waals surface area contributed by atoms with Crippen molar-refractivity contribution in [3.05, 3.63) is 30.1 Å². The molecule has 0 saturated heterocycles. The van der Waals surface area contributed by atoms with E-state index in [0.717, 1.165) is 12.8 Å². The quantitative estimate of drug-likeness (QED) is 0.342. The van der Waals surface area contributed by atoms with Gasteiger partial charge in [-0.05, 0) is 18.9 Å². The molecule has 1 amide bonds. The molecular formula is C14H22N3O+. The Kier molecular flexibility index (Phi) is 6.69. The largest absolute Gasteiger partial charge is 0.277 e. The van der Waals surface area contributed by atoms with E-state index in [9.17, 15) is 4.79 Å². The highest BCUT2D eigenvalue weighted by atomic mass is 16.2. The van der Waals surface area contributed by atoms with E-state index < -0.39 is 0 Å². The number of nitrogens with zero attached hydrogens (tertiary/aromatic N) is 2. The number of hydrazone groups is 1. The van der Waals surface area contributed by atoms with Gasteiger partial charge in [0, 0.05) is 12.3 Å². The van der Waals surface area contributed by atoms with Crippen LogP contribution in [0.15, 0.2) is 29.6 Å². The number of rotatable bonds is 7. The molecule has 1 heterocycles. The van der Waals surface area contributed by atoms with Crippen LogP contribution < -0.4 is 9.99 Å². The highest BCUT2D eigenvalue weighted by Gasteiger charge is 2.06. The lowest BCUT2D eigenvalue weighted by Crippen LogP contribution is -2.29. The van der Waals surface area contributed by atoms with Crippen molar-refractivity contribution >= 4 is 12.1 Å². The van der Waals surface area contributed by atoms with Crippen LogP contribution in [0.1, 0.15) is 49.4 Å². The highest BCUT2D eigenvalue weighted by molar-refractivity contribution is 5.93. The number of nitrogens with one attached hydrogen (secondary N) is 1. The van der Waals surface area contributed by atoms with Crippen LogP contribution in [-0.4, -0.2) is 12.1 Å². The fourth-order valence-corrected chi connectivity index (χ4v) is 1.62. The summed E-state index contributed by atoms with van der Waals surface area (Å²) in [5, 5.41) is 3.94. The Labute approximate surface area is 109 Å². The zero-order valence-corrected chi connectivity index (χ0v) is 11.2. The number of carbonyl (C=O) groups excluding carboxylic acids is 1. The monoisotopic (exact) mass is 248 g/mol. The predicted molar refractivity (Wildman–Crippen MR) is 72.3 cm³/mol. The molecule has 0 aromatic carbocycles. The van der Waals surface area contributed by atoms with Crippen LogP contribution in [0.4, 0.5) is 0 Å². The molecule has 0 radical (unpaired) electrons. The number of aromatic nitrogens is 1. The van der Waals surface area contributed by atoms with E-state index in [1.165, 1.54) is 19.3 Å². The average Bonchev–Trinajstić information content (AvgIpc) is 2.37. The van der Waals surface area contributed by atoms with E-state index in [-0.39, 0.29) is 5.91 Å². The number of carbonyl (C=O) groups is 1. The maximum Gasteiger partial charge on any atom is 0.277 e. The number of pyridine rings is 1. The Morgan fingerprint density at radius 3 is 3.00 bits per heavy atom. The van der Waals surface area contributed by atoms with Gasteiger partial charge >= 0.3 is 0 Å². The summed E-state index contributed by atoms with van der Waals surface area (Å²) in [6.45, 7) is 2.19. The van der Waals surface area contributed by atoms with Crippen molar-refractivity contribution in [1.82, 2.24) is 5.43 Å². The number of amides is 1. The Balaban J connectivity index is 2.26. The van der Waals surface area contributed by atoms with E-state index >= 15 is 0 Å². The molecule has 1 rings (SSSR count). The Morgan fingerprint density at radius 2 is 2.28 bits per heavy atom. The van der Waals surface area contributed by atoms with Gasteiger partial charge in [0.2, 0.25) is 0 Å². The second kappa shape index (κ2) is 8.39. The predicted octanol–water partition coefficient (Wildman–Crippen LogP) is 2.20. The van der Waals surface area contributed by atoms with Crippen LogP contribution >= 0.6 is 0 Å². The van der Waals surface area contributed by atoms with Crippen LogP contribution in [0.5, 0.6) is 0 Å². The minimum Gasteiger partial charge on any atom is -0.267 e. The van der Waals surface area contributed by atoms with Crippen LogP contribution in [0, 0.1) is 0 Å². The van der Waals surface area contributed by atoms with Crippen molar-refractivity contribution in [3.63, 3.8) is 0 Å². The first-order chi connectivity index (χ1) is 8.74. The minimum atomic E-state index is -0.170. The highest BCUT2D eigenvalue weighted by Crippen LogP contribution is 2.00. The fraction of sp³-hybridized carbons (Fsp3) is 0.500. The number of hydrogen-bond donors (Lipinski definition) is 1. The molecule has 18 heavy (non-hydrogen) atoms. The van der Waals surface area contributed by atoms with Gasteiger partial charge in [0.25, 0.3) is 5.91 Å². The summed E-state index contributed by atoms with van der Waals surface area (Å²) in [4.78, 5) is 11.7. The third-order valence-corrected chi connectivity index (χ3v) is 2.65. The van der Waals surface area contributed by atoms with E-state index in [0.29, 0.717) is 5.56 Å². The van der Waals surface area contributed by atoms with Crippen molar-refractivity contribution in [2.45, 2.75) is 39.0 Å². The number of hydrogen-bond acceptors (Lipinski definition) is 2. The Hall–Kier alpha value is -1.71. The maximum absolute atomic E-state index is 11.7. The lowest BCUT2D eigenvalue weighted by Gasteiger charge is -1.98. The molecule has 0 atom stereocenters. The maximum atomic E-state index is 11.7. The number of aryl methyl sites for hydroxylation is 1. The molecule has 0 unspecified atom stereocenters. The van der Waals surface area contributed by atoms with Gasteiger partial charge in [-0.25, -0.2) is 9.99 Å². The van der Waals surface area contributed by atoms with E-state index in [4.69, 9.17) is 0 Å². The molecule has 4 heteroatoms. The smallest absolute Gasteiger partial charge is 0.267 e. The van der Waals surface area contributed by atoms with E-state index in [1.807, 2.05) is 23.9 Å². The van der Waals surface area contributed by atoms with Gasteiger partial charge in [0.1, 0.15) is 12.6 Å². The van der Waals surface area contributed by atoms with Crippen molar-refractivity contribution in [1.29, 1.82) is 0 Å². The molecule has 1 aromatic heterocycles. The number of unbranched alkanes of at least 4 members (excludes halogenated alkanes) is 4. The summed E-state index contributed by atoms with van der Waals surface area (Å²) in [5.41, 5.74) is 3.15. The SMILES string of the molecule is CCCCCC/C=N/NC(=O)c1ccc[n+](C)c1. The molecule has 1 aromatic rings. The summed E-state index contributed by atoms with van der Waals surface area (Å²) in [5.74, 6) is -0.170. The normalized spacial score (nSPS) is 10.8. The second-order valence-electron chi connectivity index (χ2n) is 4.36. The second-order valence-corrected chi connectivity index (χ2v) is 4.36. The summed E-state index contributed by atoms with van der Waals surface area (Å²) in [6, 6.07) is 3.61. The molecule has 0 spiro atoms. The van der Waals surface area contributed by atoms with Crippen LogP contribution in [0.2, 0.25) is 0 Å². The summed E-state index contributed by atoms with van der Waals surface area (Å²) < 4.78 is 1.84.